The van der Waals surface area contributed by atoms with Crippen LogP contribution in [0.1, 0.15) is 21.5 Å². The number of aromatic hydroxyl groups is 1. The van der Waals surface area contributed by atoms with E-state index < -0.39 is 0 Å². The van der Waals surface area contributed by atoms with Crippen molar-refractivity contribution < 1.29 is 9.90 Å². The molecule has 0 aliphatic carbocycles. The maximum absolute atomic E-state index is 12.1. The normalized spacial score (nSPS) is 10.4. The average Bonchev–Trinajstić information content (AvgIpc) is 2.39. The molecule has 19 heavy (non-hydrogen) atoms. The van der Waals surface area contributed by atoms with Crippen molar-refractivity contribution in [3.05, 3.63) is 59.2 Å². The lowest BCUT2D eigenvalue weighted by atomic mass is 10.0. The second-order valence-electron chi connectivity index (χ2n) is 4.47. The lowest BCUT2D eigenvalue weighted by Crippen LogP contribution is -2.03. The van der Waals surface area contributed by atoms with Crippen LogP contribution in [0.5, 0.6) is 5.75 Å². The van der Waals surface area contributed by atoms with Crippen molar-refractivity contribution in [2.45, 2.75) is 18.2 Å². The molecule has 0 aromatic heterocycles. The van der Waals surface area contributed by atoms with E-state index in [9.17, 15) is 9.90 Å². The fraction of sp³-hybridized carbons (Fsp3) is 0.188. The molecule has 0 unspecified atom stereocenters. The van der Waals surface area contributed by atoms with Crippen LogP contribution in [0.3, 0.4) is 0 Å². The van der Waals surface area contributed by atoms with Crippen LogP contribution in [-0.4, -0.2) is 17.1 Å². The van der Waals surface area contributed by atoms with Gasteiger partial charge < -0.3 is 5.11 Å². The number of benzene rings is 2. The zero-order chi connectivity index (χ0) is 13.8. The van der Waals surface area contributed by atoms with Crippen molar-refractivity contribution in [2.24, 2.45) is 0 Å². The minimum atomic E-state index is 0.0660. The number of carbonyl (C=O) groups is 1. The molecule has 0 heterocycles. The zero-order valence-electron chi connectivity index (χ0n) is 11.0. The lowest BCUT2D eigenvalue weighted by molar-refractivity contribution is 0.0993. The number of phenolic OH excluding ortho intramolecular Hbond substituents is 1. The van der Waals surface area contributed by atoms with Gasteiger partial charge in [0, 0.05) is 16.9 Å². The fourth-order valence-corrected chi connectivity index (χ4v) is 2.34. The van der Waals surface area contributed by atoms with Gasteiger partial charge in [0.15, 0.2) is 5.78 Å². The molecule has 0 atom stereocenters. The van der Waals surface area contributed by atoms with E-state index in [0.717, 1.165) is 16.0 Å². The molecule has 98 valence electrons. The highest BCUT2D eigenvalue weighted by Crippen LogP contribution is 2.27. The van der Waals surface area contributed by atoms with E-state index in [1.54, 1.807) is 6.07 Å². The van der Waals surface area contributed by atoms with E-state index in [4.69, 9.17) is 0 Å². The van der Waals surface area contributed by atoms with Crippen LogP contribution in [-0.2, 0) is 6.42 Å². The summed E-state index contributed by atoms with van der Waals surface area (Å²) in [5, 5.41) is 9.78. The topological polar surface area (TPSA) is 37.3 Å². The zero-order valence-corrected chi connectivity index (χ0v) is 11.8. The number of thioether (sulfide) groups is 1. The molecule has 0 fully saturated rings. The van der Waals surface area contributed by atoms with Crippen molar-refractivity contribution >= 4 is 17.5 Å². The molecule has 3 heteroatoms. The van der Waals surface area contributed by atoms with E-state index in [-0.39, 0.29) is 11.5 Å². The average molecular weight is 272 g/mol. The summed E-state index contributed by atoms with van der Waals surface area (Å²) in [6.45, 7) is 1.99. The molecular formula is C16H16O2S. The van der Waals surface area contributed by atoms with Gasteiger partial charge in [-0.15, -0.1) is 11.8 Å². The van der Waals surface area contributed by atoms with Crippen molar-refractivity contribution in [2.75, 3.05) is 6.26 Å². The van der Waals surface area contributed by atoms with E-state index in [1.165, 1.54) is 11.8 Å². The molecule has 0 saturated carbocycles. The first-order valence-corrected chi connectivity index (χ1v) is 7.28. The number of hydrogen-bond acceptors (Lipinski definition) is 3. The van der Waals surface area contributed by atoms with Crippen molar-refractivity contribution in [3.8, 4) is 5.75 Å². The number of Topliss-reactive ketones (excluding diaryl/α,β-unsaturated/α-hetero) is 1. The molecule has 0 aliphatic rings. The summed E-state index contributed by atoms with van der Waals surface area (Å²) in [7, 11) is 0. The lowest BCUT2D eigenvalue weighted by Gasteiger charge is -2.05. The SMILES string of the molecule is CSc1ccc(CC(=O)c2ccc(C)cc2)cc1O. The first-order chi connectivity index (χ1) is 9.10. The quantitative estimate of drug-likeness (QED) is 0.678. The fourth-order valence-electron chi connectivity index (χ4n) is 1.87. The van der Waals surface area contributed by atoms with Gasteiger partial charge in [0.25, 0.3) is 0 Å². The maximum atomic E-state index is 12.1. The Balaban J connectivity index is 2.14. The van der Waals surface area contributed by atoms with Crippen LogP contribution >= 0.6 is 11.8 Å². The predicted molar refractivity (Wildman–Crippen MR) is 79.1 cm³/mol. The van der Waals surface area contributed by atoms with Gasteiger partial charge >= 0.3 is 0 Å². The molecule has 0 aliphatic heterocycles. The monoisotopic (exact) mass is 272 g/mol. The summed E-state index contributed by atoms with van der Waals surface area (Å²) in [6, 6.07) is 12.9. The highest BCUT2D eigenvalue weighted by Gasteiger charge is 2.08. The first-order valence-electron chi connectivity index (χ1n) is 6.06. The van der Waals surface area contributed by atoms with Gasteiger partial charge in [-0.05, 0) is 30.9 Å². The van der Waals surface area contributed by atoms with Crippen molar-refractivity contribution in [1.82, 2.24) is 0 Å². The second kappa shape index (κ2) is 5.93. The molecule has 1 N–H and O–H groups in total. The molecule has 2 aromatic carbocycles. The predicted octanol–water partition coefficient (Wildman–Crippen LogP) is 3.85. The summed E-state index contributed by atoms with van der Waals surface area (Å²) >= 11 is 1.49. The molecule has 0 radical (unpaired) electrons. The van der Waals surface area contributed by atoms with Gasteiger partial charge in [0.05, 0.1) is 0 Å². The summed E-state index contributed by atoms with van der Waals surface area (Å²) in [6.07, 6.45) is 2.22. The van der Waals surface area contributed by atoms with Crippen molar-refractivity contribution in [1.29, 1.82) is 0 Å². The molecule has 0 amide bonds. The minimum Gasteiger partial charge on any atom is -0.507 e. The number of hydrogen-bond donors (Lipinski definition) is 1. The third-order valence-electron chi connectivity index (χ3n) is 2.98. The summed E-state index contributed by atoms with van der Waals surface area (Å²) < 4.78 is 0. The van der Waals surface area contributed by atoms with Gasteiger partial charge in [-0.1, -0.05) is 35.9 Å². The Labute approximate surface area is 117 Å². The van der Waals surface area contributed by atoms with Crippen LogP contribution in [0.15, 0.2) is 47.4 Å². The number of ketones is 1. The van der Waals surface area contributed by atoms with Gasteiger partial charge in [0.2, 0.25) is 0 Å². The van der Waals surface area contributed by atoms with Gasteiger partial charge in [-0.3, -0.25) is 4.79 Å². The van der Waals surface area contributed by atoms with E-state index in [0.29, 0.717) is 12.0 Å². The smallest absolute Gasteiger partial charge is 0.167 e. The van der Waals surface area contributed by atoms with Crippen molar-refractivity contribution in [3.63, 3.8) is 0 Å². The molecule has 2 aromatic rings. The van der Waals surface area contributed by atoms with Gasteiger partial charge in [0.1, 0.15) is 5.75 Å². The molecule has 0 spiro atoms. The standard InChI is InChI=1S/C16H16O2S/c1-11-3-6-13(7-4-11)14(17)9-12-5-8-16(19-2)15(18)10-12/h3-8,10,18H,9H2,1-2H3. The molecule has 0 saturated heterocycles. The number of rotatable bonds is 4. The Morgan fingerprint density at radius 2 is 1.84 bits per heavy atom. The highest BCUT2D eigenvalue weighted by molar-refractivity contribution is 7.98. The Morgan fingerprint density at radius 3 is 2.42 bits per heavy atom. The Bertz CT molecular complexity index is 588. The number of aryl methyl sites for hydroxylation is 1. The third kappa shape index (κ3) is 3.38. The van der Waals surface area contributed by atoms with Crippen LogP contribution in [0.25, 0.3) is 0 Å². The summed E-state index contributed by atoms with van der Waals surface area (Å²) in [5.41, 5.74) is 2.68. The molecule has 0 bridgehead atoms. The van der Waals surface area contributed by atoms with Crippen LogP contribution in [0.4, 0.5) is 0 Å². The Hall–Kier alpha value is -1.74. The number of carbonyl (C=O) groups excluding carboxylic acids is 1. The third-order valence-corrected chi connectivity index (χ3v) is 3.77. The van der Waals surface area contributed by atoms with Crippen LogP contribution < -0.4 is 0 Å². The number of phenols is 1. The van der Waals surface area contributed by atoms with Gasteiger partial charge in [-0.25, -0.2) is 0 Å². The highest BCUT2D eigenvalue weighted by atomic mass is 32.2. The summed E-state index contributed by atoms with van der Waals surface area (Å²) in [5.74, 6) is 0.304. The molecule has 2 nitrogen and oxygen atoms in total. The molecular weight excluding hydrogens is 256 g/mol. The maximum Gasteiger partial charge on any atom is 0.167 e. The van der Waals surface area contributed by atoms with E-state index >= 15 is 0 Å². The largest absolute Gasteiger partial charge is 0.507 e. The Kier molecular flexibility index (Phi) is 4.27. The van der Waals surface area contributed by atoms with Gasteiger partial charge in [-0.2, -0.15) is 0 Å². The van der Waals surface area contributed by atoms with Crippen LogP contribution in [0, 0.1) is 6.92 Å². The second-order valence-corrected chi connectivity index (χ2v) is 5.32. The van der Waals surface area contributed by atoms with E-state index in [1.807, 2.05) is 49.6 Å². The molecule has 2 rings (SSSR count). The Morgan fingerprint density at radius 1 is 1.16 bits per heavy atom. The minimum absolute atomic E-state index is 0.0660. The first kappa shape index (κ1) is 13.7. The summed E-state index contributed by atoms with van der Waals surface area (Å²) in [4.78, 5) is 12.9. The van der Waals surface area contributed by atoms with Crippen LogP contribution in [0.2, 0.25) is 0 Å². The van der Waals surface area contributed by atoms with E-state index in [2.05, 4.69) is 0 Å².